The zero-order valence-corrected chi connectivity index (χ0v) is 14.2. The van der Waals surface area contributed by atoms with Gasteiger partial charge in [0.25, 0.3) is 0 Å². The van der Waals surface area contributed by atoms with Crippen molar-refractivity contribution in [1.29, 1.82) is 0 Å². The first kappa shape index (κ1) is 16.0. The lowest BCUT2D eigenvalue weighted by molar-refractivity contribution is 0.0716. The molecule has 0 aromatic carbocycles. The summed E-state index contributed by atoms with van der Waals surface area (Å²) in [6.45, 7) is 10.9. The number of nitrogens with one attached hydrogen (secondary N) is 1. The maximum absolute atomic E-state index is 5.52. The van der Waals surface area contributed by atoms with Crippen molar-refractivity contribution in [2.24, 2.45) is 11.3 Å². The van der Waals surface area contributed by atoms with E-state index in [1.54, 1.807) is 0 Å². The molecule has 1 atom stereocenters. The zero-order valence-electron chi connectivity index (χ0n) is 14.2. The predicted molar refractivity (Wildman–Crippen MR) is 87.8 cm³/mol. The lowest BCUT2D eigenvalue weighted by Gasteiger charge is -2.38. The number of piperidine rings is 1. The number of nitrogens with zero attached hydrogens (tertiary/aromatic N) is 3. The molecule has 0 saturated carbocycles. The smallest absolute Gasteiger partial charge is 0.0534 e. The Morgan fingerprint density at radius 1 is 1.41 bits per heavy atom. The molecule has 0 bridgehead atoms. The van der Waals surface area contributed by atoms with Crippen LogP contribution in [0, 0.1) is 11.3 Å². The van der Waals surface area contributed by atoms with Gasteiger partial charge in [-0.1, -0.05) is 0 Å². The standard InChI is InChI=1S/C17H30N4O/c1-14(2)21-10-15(8-19-21)9-20-11-16(12-22-3)17(13-20)4-6-18-7-5-17/h8,10,14,16,18H,4-7,9,11-13H2,1-3H3. The molecule has 2 fully saturated rings. The van der Waals surface area contributed by atoms with Crippen molar-refractivity contribution in [3.63, 3.8) is 0 Å². The molecule has 3 heterocycles. The minimum atomic E-state index is 0.435. The molecule has 2 aliphatic heterocycles. The summed E-state index contributed by atoms with van der Waals surface area (Å²) in [6.07, 6.45) is 6.79. The molecule has 0 amide bonds. The third kappa shape index (κ3) is 3.21. The maximum atomic E-state index is 5.52. The van der Waals surface area contributed by atoms with Gasteiger partial charge in [-0.05, 0) is 45.2 Å². The summed E-state index contributed by atoms with van der Waals surface area (Å²) in [7, 11) is 1.84. The molecule has 0 aliphatic carbocycles. The van der Waals surface area contributed by atoms with Crippen molar-refractivity contribution < 1.29 is 4.74 Å². The second-order valence-electron chi connectivity index (χ2n) is 7.36. The molecule has 2 aliphatic rings. The van der Waals surface area contributed by atoms with Crippen LogP contribution < -0.4 is 5.32 Å². The van der Waals surface area contributed by atoms with Gasteiger partial charge >= 0.3 is 0 Å². The van der Waals surface area contributed by atoms with E-state index in [1.165, 1.54) is 24.9 Å². The van der Waals surface area contributed by atoms with Gasteiger partial charge in [-0.3, -0.25) is 9.58 Å². The van der Waals surface area contributed by atoms with Gasteiger partial charge in [-0.25, -0.2) is 0 Å². The average molecular weight is 306 g/mol. The Morgan fingerprint density at radius 3 is 2.82 bits per heavy atom. The Hall–Kier alpha value is -0.910. The van der Waals surface area contributed by atoms with Crippen molar-refractivity contribution in [3.05, 3.63) is 18.0 Å². The zero-order chi connectivity index (χ0) is 15.6. The summed E-state index contributed by atoms with van der Waals surface area (Å²) in [5.41, 5.74) is 1.78. The average Bonchev–Trinajstić information content (AvgIpc) is 3.07. The molecule has 3 rings (SSSR count). The molecule has 1 spiro atoms. The number of ether oxygens (including phenoxy) is 1. The highest BCUT2D eigenvalue weighted by molar-refractivity contribution is 5.07. The summed E-state index contributed by atoms with van der Waals surface area (Å²) >= 11 is 0. The van der Waals surface area contributed by atoms with Crippen LogP contribution in [0.25, 0.3) is 0 Å². The van der Waals surface area contributed by atoms with Gasteiger partial charge in [-0.2, -0.15) is 5.10 Å². The van der Waals surface area contributed by atoms with E-state index in [0.29, 0.717) is 17.4 Å². The van der Waals surface area contributed by atoms with Gasteiger partial charge in [0.15, 0.2) is 0 Å². The SMILES string of the molecule is COCC1CN(Cc2cnn(C(C)C)c2)CC12CCNCC2. The van der Waals surface area contributed by atoms with Crippen LogP contribution in [-0.4, -0.2) is 54.6 Å². The van der Waals surface area contributed by atoms with E-state index in [2.05, 4.69) is 40.0 Å². The van der Waals surface area contributed by atoms with E-state index < -0.39 is 0 Å². The largest absolute Gasteiger partial charge is 0.384 e. The van der Waals surface area contributed by atoms with E-state index >= 15 is 0 Å². The van der Waals surface area contributed by atoms with Crippen LogP contribution in [0.15, 0.2) is 12.4 Å². The van der Waals surface area contributed by atoms with Crippen LogP contribution in [-0.2, 0) is 11.3 Å². The molecule has 1 N–H and O–H groups in total. The maximum Gasteiger partial charge on any atom is 0.0534 e. The summed E-state index contributed by atoms with van der Waals surface area (Å²) < 4.78 is 7.58. The molecule has 1 unspecified atom stereocenters. The molecule has 1 aromatic rings. The molecule has 5 heteroatoms. The second-order valence-corrected chi connectivity index (χ2v) is 7.36. The van der Waals surface area contributed by atoms with Gasteiger partial charge in [0.2, 0.25) is 0 Å². The Morgan fingerprint density at radius 2 is 2.18 bits per heavy atom. The molecule has 124 valence electrons. The summed E-state index contributed by atoms with van der Waals surface area (Å²) in [6, 6.07) is 0.435. The van der Waals surface area contributed by atoms with E-state index in [1.807, 2.05) is 13.3 Å². The quantitative estimate of drug-likeness (QED) is 0.902. The molecule has 0 radical (unpaired) electrons. The Labute approximate surface area is 134 Å². The molecule has 5 nitrogen and oxygen atoms in total. The second kappa shape index (κ2) is 6.69. The monoisotopic (exact) mass is 306 g/mol. The third-order valence-corrected chi connectivity index (χ3v) is 5.44. The van der Waals surface area contributed by atoms with Crippen molar-refractivity contribution in [3.8, 4) is 0 Å². The first-order valence-electron chi connectivity index (χ1n) is 8.58. The lowest BCUT2D eigenvalue weighted by atomic mass is 9.71. The van der Waals surface area contributed by atoms with Crippen molar-refractivity contribution in [2.45, 2.75) is 39.3 Å². The fraction of sp³-hybridized carbons (Fsp3) is 0.824. The molecule has 22 heavy (non-hydrogen) atoms. The minimum Gasteiger partial charge on any atom is -0.384 e. The topological polar surface area (TPSA) is 42.3 Å². The van der Waals surface area contributed by atoms with Crippen molar-refractivity contribution >= 4 is 0 Å². The Bertz CT molecular complexity index is 479. The number of likely N-dealkylation sites (tertiary alicyclic amines) is 1. The van der Waals surface area contributed by atoms with Gasteiger partial charge in [-0.15, -0.1) is 0 Å². The summed E-state index contributed by atoms with van der Waals surface area (Å²) in [5.74, 6) is 0.666. The normalized spacial score (nSPS) is 25.4. The number of hydrogen-bond acceptors (Lipinski definition) is 4. The first-order valence-corrected chi connectivity index (χ1v) is 8.58. The van der Waals surface area contributed by atoms with Crippen molar-refractivity contribution in [2.75, 3.05) is 39.9 Å². The fourth-order valence-corrected chi connectivity index (χ4v) is 4.19. The lowest BCUT2D eigenvalue weighted by Crippen LogP contribution is -2.43. The number of aromatic nitrogens is 2. The van der Waals surface area contributed by atoms with E-state index in [-0.39, 0.29) is 0 Å². The molecular weight excluding hydrogens is 276 g/mol. The molecular formula is C17H30N4O. The highest BCUT2D eigenvalue weighted by Gasteiger charge is 2.46. The van der Waals surface area contributed by atoms with Gasteiger partial charge in [0, 0.05) is 50.5 Å². The number of rotatable bonds is 5. The number of hydrogen-bond donors (Lipinski definition) is 1. The van der Waals surface area contributed by atoms with Gasteiger partial charge < -0.3 is 10.1 Å². The highest BCUT2D eigenvalue weighted by Crippen LogP contribution is 2.43. The van der Waals surface area contributed by atoms with E-state index in [4.69, 9.17) is 4.74 Å². The first-order chi connectivity index (χ1) is 10.6. The predicted octanol–water partition coefficient (Wildman–Crippen LogP) is 1.91. The van der Waals surface area contributed by atoms with Crippen LogP contribution >= 0.6 is 0 Å². The summed E-state index contributed by atoms with van der Waals surface area (Å²) in [5, 5.41) is 7.98. The third-order valence-electron chi connectivity index (χ3n) is 5.44. The van der Waals surface area contributed by atoms with Gasteiger partial charge in [0.05, 0.1) is 12.8 Å². The van der Waals surface area contributed by atoms with E-state index in [9.17, 15) is 0 Å². The molecule has 2 saturated heterocycles. The van der Waals surface area contributed by atoms with E-state index in [0.717, 1.165) is 32.8 Å². The molecule has 1 aromatic heterocycles. The van der Waals surface area contributed by atoms with Gasteiger partial charge in [0.1, 0.15) is 0 Å². The van der Waals surface area contributed by atoms with Crippen LogP contribution in [0.3, 0.4) is 0 Å². The minimum absolute atomic E-state index is 0.435. The fourth-order valence-electron chi connectivity index (χ4n) is 4.19. The highest BCUT2D eigenvalue weighted by atomic mass is 16.5. The van der Waals surface area contributed by atoms with Crippen molar-refractivity contribution in [1.82, 2.24) is 20.0 Å². The Balaban J connectivity index is 1.67. The number of methoxy groups -OCH3 is 1. The Kier molecular flexibility index (Phi) is 4.85. The summed E-state index contributed by atoms with van der Waals surface area (Å²) in [4.78, 5) is 2.61. The van der Waals surface area contributed by atoms with Crippen LogP contribution in [0.2, 0.25) is 0 Å². The van der Waals surface area contributed by atoms with Crippen LogP contribution in [0.4, 0.5) is 0 Å². The van der Waals surface area contributed by atoms with Crippen LogP contribution in [0.5, 0.6) is 0 Å². The van der Waals surface area contributed by atoms with Crippen LogP contribution in [0.1, 0.15) is 38.3 Å².